The van der Waals surface area contributed by atoms with Crippen molar-refractivity contribution >= 4 is 35.1 Å². The first-order valence-corrected chi connectivity index (χ1v) is 14.6. The van der Waals surface area contributed by atoms with Crippen LogP contribution in [-0.2, 0) is 0 Å². The Morgan fingerprint density at radius 3 is 2.41 bits per heavy atom. The number of nitrogens with zero attached hydrogens (tertiary/aromatic N) is 6. The van der Waals surface area contributed by atoms with Crippen molar-refractivity contribution < 1.29 is 9.59 Å². The fraction of sp³-hybridized carbons (Fsp3) is 0.607. The van der Waals surface area contributed by atoms with Gasteiger partial charge < -0.3 is 20.9 Å². The zero-order valence-corrected chi connectivity index (χ0v) is 23.2. The van der Waals surface area contributed by atoms with Gasteiger partial charge in [-0.3, -0.25) is 14.5 Å². The predicted molar refractivity (Wildman–Crippen MR) is 150 cm³/mol. The second kappa shape index (κ2) is 10.9. The number of fused-ring (bicyclic) bond motifs is 1. The Kier molecular flexibility index (Phi) is 7.33. The average molecular weight is 553 g/mol. The van der Waals surface area contributed by atoms with Crippen LogP contribution in [0.3, 0.4) is 0 Å². The van der Waals surface area contributed by atoms with Crippen molar-refractivity contribution in [3.8, 4) is 0 Å². The number of nitrogens with two attached hydrogens (primary N) is 1. The van der Waals surface area contributed by atoms with Crippen LogP contribution in [-0.4, -0.2) is 86.9 Å². The number of pyridine rings is 1. The maximum absolute atomic E-state index is 13.1. The summed E-state index contributed by atoms with van der Waals surface area (Å²) in [6.45, 7) is 5.22. The number of halogens is 1. The number of piperazine rings is 1. The lowest BCUT2D eigenvalue weighted by Gasteiger charge is -2.54. The largest absolute Gasteiger partial charge is 0.383 e. The van der Waals surface area contributed by atoms with Gasteiger partial charge >= 0.3 is 0 Å². The molecule has 3 N–H and O–H groups in total. The molecular weight excluding hydrogens is 516 g/mol. The fourth-order valence-electron chi connectivity index (χ4n) is 6.67. The molecular formula is C28H37ClN8O2. The van der Waals surface area contributed by atoms with Crippen LogP contribution in [0, 0.1) is 6.92 Å². The number of piperidine rings is 1. The molecule has 2 saturated heterocycles. The summed E-state index contributed by atoms with van der Waals surface area (Å²) < 4.78 is 0. The van der Waals surface area contributed by atoms with Crippen LogP contribution in [0.1, 0.15) is 77.9 Å². The number of likely N-dealkylation sites (tertiary alicyclic amines) is 1. The van der Waals surface area contributed by atoms with Gasteiger partial charge in [-0.1, -0.05) is 24.4 Å². The molecule has 6 rings (SSSR count). The summed E-state index contributed by atoms with van der Waals surface area (Å²) >= 11 is 5.92. The second-order valence-corrected chi connectivity index (χ2v) is 11.7. The van der Waals surface area contributed by atoms with Gasteiger partial charge in [0.1, 0.15) is 22.5 Å². The molecule has 10 nitrogen and oxygen atoms in total. The molecule has 0 aromatic carbocycles. The summed E-state index contributed by atoms with van der Waals surface area (Å²) in [4.78, 5) is 46.1. The molecule has 0 unspecified atom stereocenters. The minimum atomic E-state index is -0.125. The Bertz CT molecular complexity index is 1250. The van der Waals surface area contributed by atoms with E-state index in [1.165, 1.54) is 19.3 Å². The molecule has 0 radical (unpaired) electrons. The molecule has 2 aromatic heterocycles. The Labute approximate surface area is 234 Å². The van der Waals surface area contributed by atoms with Crippen molar-refractivity contribution in [2.45, 2.75) is 82.5 Å². The van der Waals surface area contributed by atoms with Crippen molar-refractivity contribution in [2.75, 3.05) is 36.8 Å². The van der Waals surface area contributed by atoms with E-state index in [0.29, 0.717) is 53.7 Å². The fourth-order valence-corrected chi connectivity index (χ4v) is 6.82. The first-order chi connectivity index (χ1) is 18.9. The highest BCUT2D eigenvalue weighted by Gasteiger charge is 2.42. The molecule has 2 aromatic rings. The third kappa shape index (κ3) is 5.41. The summed E-state index contributed by atoms with van der Waals surface area (Å²) in [5, 5.41) is 3.30. The lowest BCUT2D eigenvalue weighted by molar-refractivity contribution is 0.0290. The quantitative estimate of drug-likeness (QED) is 0.543. The number of carbonyl (C=O) groups is 2. The molecule has 2 aliphatic heterocycles. The number of nitrogens with one attached hydrogen (secondary N) is 1. The summed E-state index contributed by atoms with van der Waals surface area (Å²) in [5.41, 5.74) is 7.62. The Balaban J connectivity index is 1.12. The molecule has 4 fully saturated rings. The first-order valence-electron chi connectivity index (χ1n) is 14.3. The van der Waals surface area contributed by atoms with Crippen molar-refractivity contribution in [3.63, 3.8) is 0 Å². The van der Waals surface area contributed by atoms with Gasteiger partial charge in [0.25, 0.3) is 11.8 Å². The zero-order chi connectivity index (χ0) is 27.1. The highest BCUT2D eigenvalue weighted by molar-refractivity contribution is 6.29. The van der Waals surface area contributed by atoms with Gasteiger partial charge in [0.2, 0.25) is 0 Å². The first kappa shape index (κ1) is 26.3. The Morgan fingerprint density at radius 1 is 0.974 bits per heavy atom. The number of hydrogen-bond donors (Lipinski definition) is 2. The number of anilines is 2. The van der Waals surface area contributed by atoms with Crippen LogP contribution < -0.4 is 16.0 Å². The standard InChI is InChI=1S/C28H37ClN8O2/c1-17-26(31-16-21(32-17)27(38)33-18-6-7-18)37-15-14-36(22-4-2-3-5-23(22)37)19-10-12-35(13-11-19)28(39)20-8-9-24(29)34-25(20)30/h8-9,16,18-19,22-23H,2-7,10-15H2,1H3,(H2,30,34)(H,33,38)/t22-,23+/m0/s1. The minimum Gasteiger partial charge on any atom is -0.383 e. The van der Waals surface area contributed by atoms with E-state index in [0.717, 1.165) is 56.7 Å². The normalized spacial score (nSPS) is 24.4. The van der Waals surface area contributed by atoms with Crippen LogP contribution in [0.5, 0.6) is 0 Å². The minimum absolute atomic E-state index is 0.0706. The number of amides is 2. The molecule has 11 heteroatoms. The van der Waals surface area contributed by atoms with Crippen LogP contribution >= 0.6 is 11.6 Å². The van der Waals surface area contributed by atoms with Crippen molar-refractivity contribution in [1.29, 1.82) is 0 Å². The molecule has 208 valence electrons. The molecule has 4 aliphatic rings. The highest BCUT2D eigenvalue weighted by atomic mass is 35.5. The highest BCUT2D eigenvalue weighted by Crippen LogP contribution is 2.36. The monoisotopic (exact) mass is 552 g/mol. The molecule has 2 aliphatic carbocycles. The number of carbonyl (C=O) groups excluding carboxylic acids is 2. The topological polar surface area (TPSA) is 121 Å². The summed E-state index contributed by atoms with van der Waals surface area (Å²) in [5.74, 6) is 0.897. The zero-order valence-electron chi connectivity index (χ0n) is 22.5. The number of rotatable bonds is 5. The lowest BCUT2D eigenvalue weighted by Crippen LogP contribution is -2.64. The molecule has 2 saturated carbocycles. The number of nitrogen functional groups attached to an aromatic ring is 1. The summed E-state index contributed by atoms with van der Waals surface area (Å²) in [6, 6.07) is 4.86. The van der Waals surface area contributed by atoms with Gasteiger partial charge in [-0.05, 0) is 57.6 Å². The van der Waals surface area contributed by atoms with Gasteiger partial charge in [-0.25, -0.2) is 15.0 Å². The lowest BCUT2D eigenvalue weighted by atomic mass is 9.84. The number of hydrogen-bond acceptors (Lipinski definition) is 8. The summed E-state index contributed by atoms with van der Waals surface area (Å²) in [7, 11) is 0. The predicted octanol–water partition coefficient (Wildman–Crippen LogP) is 3.05. The summed E-state index contributed by atoms with van der Waals surface area (Å²) in [6.07, 6.45) is 10.4. The van der Waals surface area contributed by atoms with E-state index in [1.807, 2.05) is 11.8 Å². The van der Waals surface area contributed by atoms with E-state index < -0.39 is 0 Å². The van der Waals surface area contributed by atoms with Crippen molar-refractivity contribution in [3.05, 3.63) is 40.4 Å². The Hall–Kier alpha value is -2.98. The van der Waals surface area contributed by atoms with E-state index in [-0.39, 0.29) is 17.6 Å². The maximum atomic E-state index is 13.1. The van der Waals surface area contributed by atoms with E-state index in [4.69, 9.17) is 22.3 Å². The van der Waals surface area contributed by atoms with E-state index in [2.05, 4.69) is 25.1 Å². The Morgan fingerprint density at radius 2 is 1.72 bits per heavy atom. The third-order valence-corrected chi connectivity index (χ3v) is 9.01. The maximum Gasteiger partial charge on any atom is 0.271 e. The van der Waals surface area contributed by atoms with Crippen LogP contribution in [0.25, 0.3) is 0 Å². The van der Waals surface area contributed by atoms with Crippen LogP contribution in [0.2, 0.25) is 5.15 Å². The van der Waals surface area contributed by atoms with Gasteiger partial charge in [0, 0.05) is 50.3 Å². The molecule has 4 heterocycles. The molecule has 2 amide bonds. The third-order valence-electron chi connectivity index (χ3n) is 8.80. The van der Waals surface area contributed by atoms with Crippen molar-refractivity contribution in [1.82, 2.24) is 30.1 Å². The van der Waals surface area contributed by atoms with Gasteiger partial charge in [0.15, 0.2) is 0 Å². The van der Waals surface area contributed by atoms with Crippen LogP contribution in [0.4, 0.5) is 11.6 Å². The van der Waals surface area contributed by atoms with E-state index >= 15 is 0 Å². The smallest absolute Gasteiger partial charge is 0.271 e. The SMILES string of the molecule is Cc1nc(C(=O)NC2CC2)cnc1N1CCN(C2CCN(C(=O)c3ccc(Cl)nc3N)CC2)[C@H]2CCCC[C@H]21. The van der Waals surface area contributed by atoms with Crippen LogP contribution in [0.15, 0.2) is 18.3 Å². The van der Waals surface area contributed by atoms with Gasteiger partial charge in [0.05, 0.1) is 17.5 Å². The van der Waals surface area contributed by atoms with E-state index in [9.17, 15) is 9.59 Å². The second-order valence-electron chi connectivity index (χ2n) is 11.4. The van der Waals surface area contributed by atoms with Crippen molar-refractivity contribution in [2.24, 2.45) is 0 Å². The van der Waals surface area contributed by atoms with Gasteiger partial charge in [-0.2, -0.15) is 0 Å². The molecule has 39 heavy (non-hydrogen) atoms. The van der Waals surface area contributed by atoms with E-state index in [1.54, 1.807) is 18.3 Å². The molecule has 2 atom stereocenters. The average Bonchev–Trinajstić information content (AvgIpc) is 3.76. The number of aryl methyl sites for hydroxylation is 1. The molecule has 0 bridgehead atoms. The van der Waals surface area contributed by atoms with Gasteiger partial charge in [-0.15, -0.1) is 0 Å². The molecule has 0 spiro atoms. The number of aromatic nitrogens is 3.